The van der Waals surface area contributed by atoms with Crippen LogP contribution >= 0.6 is 0 Å². The summed E-state index contributed by atoms with van der Waals surface area (Å²) in [6, 6.07) is 0.00763. The second-order valence-corrected chi connectivity index (χ2v) is 11.1. The van der Waals surface area contributed by atoms with Gasteiger partial charge in [-0.1, -0.05) is 13.8 Å². The van der Waals surface area contributed by atoms with Crippen LogP contribution < -0.4 is 0 Å². The average Bonchev–Trinajstić information content (AvgIpc) is 2.99. The smallest absolute Gasteiger partial charge is 0.233 e. The largest absolute Gasteiger partial charge is 0.375 e. The van der Waals surface area contributed by atoms with Crippen molar-refractivity contribution in [3.8, 4) is 0 Å². The number of ether oxygens (including phenoxy) is 1. The first kappa shape index (κ1) is 24.4. The van der Waals surface area contributed by atoms with Crippen molar-refractivity contribution < 1.29 is 23.9 Å². The van der Waals surface area contributed by atoms with E-state index in [2.05, 4.69) is 13.8 Å². The summed E-state index contributed by atoms with van der Waals surface area (Å²) < 4.78 is 6.39. The lowest BCUT2D eigenvalue weighted by atomic mass is 9.70. The molecule has 0 radical (unpaired) electrons. The zero-order valence-corrected chi connectivity index (χ0v) is 20.6. The van der Waals surface area contributed by atoms with Crippen LogP contribution in [-0.2, 0) is 23.9 Å². The lowest BCUT2D eigenvalue weighted by molar-refractivity contribution is -0.147. The van der Waals surface area contributed by atoms with Crippen molar-refractivity contribution in [1.29, 1.82) is 0 Å². The van der Waals surface area contributed by atoms with Gasteiger partial charge in [-0.05, 0) is 76.0 Å². The summed E-state index contributed by atoms with van der Waals surface area (Å²) in [5.41, 5.74) is 0. The van der Waals surface area contributed by atoms with E-state index in [9.17, 15) is 19.2 Å². The molecule has 0 aromatic carbocycles. The van der Waals surface area contributed by atoms with E-state index in [-0.39, 0.29) is 59.8 Å². The second-order valence-electron chi connectivity index (χ2n) is 11.1. The highest BCUT2D eigenvalue weighted by molar-refractivity contribution is 6.05. The molecule has 184 valence electrons. The number of imide groups is 2. The first-order valence-corrected chi connectivity index (χ1v) is 13.0. The van der Waals surface area contributed by atoms with E-state index in [4.69, 9.17) is 4.74 Å². The van der Waals surface area contributed by atoms with Gasteiger partial charge in [0.25, 0.3) is 0 Å². The summed E-state index contributed by atoms with van der Waals surface area (Å²) >= 11 is 0. The molecule has 4 atom stereocenters. The topological polar surface area (TPSA) is 84.0 Å². The molecule has 0 spiro atoms. The Balaban J connectivity index is 1.25. The molecule has 4 unspecified atom stereocenters. The number of carbonyl (C=O) groups is 4. The molecule has 4 fully saturated rings. The van der Waals surface area contributed by atoms with E-state index in [1.54, 1.807) is 4.90 Å². The van der Waals surface area contributed by atoms with E-state index in [1.807, 2.05) is 0 Å². The van der Waals surface area contributed by atoms with Crippen LogP contribution in [0.1, 0.15) is 91.9 Å². The highest BCUT2D eigenvalue weighted by atomic mass is 16.5. The van der Waals surface area contributed by atoms with Gasteiger partial charge in [-0.2, -0.15) is 0 Å². The monoisotopic (exact) mass is 460 g/mol. The summed E-state index contributed by atoms with van der Waals surface area (Å²) in [6.45, 7) is 7.31. The van der Waals surface area contributed by atoms with Gasteiger partial charge in [0.2, 0.25) is 23.6 Å². The molecule has 1 saturated heterocycles. The van der Waals surface area contributed by atoms with Crippen LogP contribution in [0.3, 0.4) is 0 Å². The first-order valence-electron chi connectivity index (χ1n) is 13.0. The molecule has 3 aliphatic carbocycles. The van der Waals surface area contributed by atoms with E-state index in [1.165, 1.54) is 18.7 Å². The Bertz CT molecular complexity index is 740. The van der Waals surface area contributed by atoms with Gasteiger partial charge in [-0.25, -0.2) is 0 Å². The molecule has 0 N–H and O–H groups in total. The molecule has 7 heteroatoms. The number of hydrogen-bond donors (Lipinski definition) is 0. The fraction of sp³-hybridized carbons (Fsp3) is 0.846. The minimum atomic E-state index is -0.181. The van der Waals surface area contributed by atoms with Crippen LogP contribution in [0.4, 0.5) is 0 Å². The van der Waals surface area contributed by atoms with Crippen molar-refractivity contribution in [2.75, 3.05) is 0 Å². The molecule has 33 heavy (non-hydrogen) atoms. The molecule has 0 aromatic rings. The molecular formula is C26H40N2O5. The predicted octanol–water partition coefficient (Wildman–Crippen LogP) is 3.69. The predicted molar refractivity (Wildman–Crippen MR) is 123 cm³/mol. The number of rotatable bonds is 4. The maximum atomic E-state index is 13.1. The maximum Gasteiger partial charge on any atom is 0.233 e. The van der Waals surface area contributed by atoms with Gasteiger partial charge in [0, 0.05) is 25.9 Å². The van der Waals surface area contributed by atoms with Crippen LogP contribution in [0.25, 0.3) is 0 Å². The number of carbonyl (C=O) groups excluding carboxylic acids is 4. The van der Waals surface area contributed by atoms with Crippen molar-refractivity contribution in [1.82, 2.24) is 9.80 Å². The van der Waals surface area contributed by atoms with Crippen molar-refractivity contribution in [3.05, 3.63) is 0 Å². The van der Waals surface area contributed by atoms with Gasteiger partial charge in [-0.15, -0.1) is 0 Å². The normalized spacial score (nSPS) is 39.3. The maximum absolute atomic E-state index is 13.1. The van der Waals surface area contributed by atoms with Gasteiger partial charge in [-0.3, -0.25) is 29.0 Å². The summed E-state index contributed by atoms with van der Waals surface area (Å²) in [4.78, 5) is 52.8. The highest BCUT2D eigenvalue weighted by Crippen LogP contribution is 2.45. The number of likely N-dealkylation sites (tertiary alicyclic amines) is 1. The number of amides is 4. The Morgan fingerprint density at radius 2 is 1.18 bits per heavy atom. The number of nitrogens with zero attached hydrogens (tertiary/aromatic N) is 2. The summed E-state index contributed by atoms with van der Waals surface area (Å²) in [5, 5.41) is 0. The quantitative estimate of drug-likeness (QED) is 0.598. The molecule has 0 bridgehead atoms. The van der Waals surface area contributed by atoms with Gasteiger partial charge in [0.05, 0.1) is 24.0 Å². The van der Waals surface area contributed by atoms with Crippen LogP contribution in [0, 0.1) is 23.7 Å². The molecule has 3 saturated carbocycles. The van der Waals surface area contributed by atoms with Crippen molar-refractivity contribution in [2.45, 2.75) is 116 Å². The molecule has 4 rings (SSSR count). The van der Waals surface area contributed by atoms with Gasteiger partial charge < -0.3 is 4.74 Å². The number of fused-ring (bicyclic) bond motifs is 1. The average molecular weight is 461 g/mol. The molecule has 0 aromatic heterocycles. The molecule has 1 heterocycles. The fourth-order valence-electron chi connectivity index (χ4n) is 6.85. The zero-order valence-electron chi connectivity index (χ0n) is 20.6. The third-order valence-corrected chi connectivity index (χ3v) is 8.90. The van der Waals surface area contributed by atoms with Crippen LogP contribution in [-0.4, -0.2) is 57.7 Å². The van der Waals surface area contributed by atoms with Gasteiger partial charge in [0.15, 0.2) is 0 Å². The molecule has 4 aliphatic rings. The minimum Gasteiger partial charge on any atom is -0.375 e. The molecule has 7 nitrogen and oxygen atoms in total. The van der Waals surface area contributed by atoms with Gasteiger partial charge in [0.1, 0.15) is 0 Å². The second kappa shape index (κ2) is 9.85. The Labute approximate surface area is 197 Å². The summed E-state index contributed by atoms with van der Waals surface area (Å²) in [5.74, 6) is 0.592. The van der Waals surface area contributed by atoms with Crippen molar-refractivity contribution >= 4 is 23.6 Å². The van der Waals surface area contributed by atoms with E-state index in [0.717, 1.165) is 64.2 Å². The Morgan fingerprint density at radius 1 is 0.758 bits per heavy atom. The Hall–Kier alpha value is -1.76. The van der Waals surface area contributed by atoms with Crippen LogP contribution in [0.5, 0.6) is 0 Å². The van der Waals surface area contributed by atoms with E-state index >= 15 is 0 Å². The number of hydrogen-bond acceptors (Lipinski definition) is 5. The third-order valence-electron chi connectivity index (χ3n) is 8.90. The summed E-state index contributed by atoms with van der Waals surface area (Å²) in [6.07, 6.45) is 8.68. The van der Waals surface area contributed by atoms with E-state index < -0.39 is 0 Å². The van der Waals surface area contributed by atoms with Crippen molar-refractivity contribution in [2.24, 2.45) is 23.7 Å². The van der Waals surface area contributed by atoms with Gasteiger partial charge >= 0.3 is 0 Å². The minimum absolute atomic E-state index is 0.0169. The summed E-state index contributed by atoms with van der Waals surface area (Å²) in [7, 11) is 0. The van der Waals surface area contributed by atoms with Crippen LogP contribution in [0.2, 0.25) is 0 Å². The lowest BCUT2D eigenvalue weighted by Crippen LogP contribution is -2.46. The standard InChI is InChI=1S/C26H40N2O5/c1-15-13-23-24(14-16(15)2)26(32)28(25(23)31)20-7-11-22(12-8-20)33-21-9-5-19(6-10-21)27(17(3)29)18(4)30/h15-16,19-24H,5-14H2,1-4H3. The Morgan fingerprint density at radius 3 is 1.61 bits per heavy atom. The molecular weight excluding hydrogens is 420 g/mol. The first-order chi connectivity index (χ1) is 15.7. The molecule has 4 amide bonds. The van der Waals surface area contributed by atoms with E-state index in [0.29, 0.717) is 11.8 Å². The zero-order chi connectivity index (χ0) is 23.9. The Kier molecular flexibility index (Phi) is 7.27. The fourth-order valence-corrected chi connectivity index (χ4v) is 6.85. The SMILES string of the molecule is CC(=O)N(C(C)=O)C1CCC(OC2CCC(N3C(=O)C4CC(C)C(C)CC4C3=O)CC2)CC1. The highest BCUT2D eigenvalue weighted by Gasteiger charge is 2.53. The van der Waals surface area contributed by atoms with Crippen LogP contribution in [0.15, 0.2) is 0 Å². The molecule has 1 aliphatic heterocycles. The lowest BCUT2D eigenvalue weighted by Gasteiger charge is -2.38. The van der Waals surface area contributed by atoms with Crippen molar-refractivity contribution in [3.63, 3.8) is 0 Å². The third kappa shape index (κ3) is 4.89.